The summed E-state index contributed by atoms with van der Waals surface area (Å²) < 4.78 is 39.0. The maximum Gasteiger partial charge on any atom is 0.263 e. The van der Waals surface area contributed by atoms with E-state index in [1.165, 1.54) is 6.07 Å². The second kappa shape index (κ2) is 5.02. The minimum Gasteiger partial charge on any atom is -0.328 e. The molecule has 100 valence electrons. The molecule has 0 aliphatic rings. The number of aromatic nitrogens is 1. The zero-order valence-corrected chi connectivity index (χ0v) is 10.9. The molecular formula is C11H8ClFN2O3S. The van der Waals surface area contributed by atoms with Crippen LogP contribution in [0.3, 0.4) is 0 Å². The predicted molar refractivity (Wildman–Crippen MR) is 69.3 cm³/mol. The Labute approximate surface area is 113 Å². The maximum atomic E-state index is 12.8. The molecule has 1 aromatic carbocycles. The number of H-pyrrole nitrogens is 1. The van der Waals surface area contributed by atoms with Crippen molar-refractivity contribution in [1.82, 2.24) is 4.98 Å². The van der Waals surface area contributed by atoms with Gasteiger partial charge in [-0.05, 0) is 24.3 Å². The summed E-state index contributed by atoms with van der Waals surface area (Å²) in [7, 11) is -3.89. The fourth-order valence-electron chi connectivity index (χ4n) is 1.34. The van der Waals surface area contributed by atoms with Gasteiger partial charge >= 0.3 is 0 Å². The van der Waals surface area contributed by atoms with Crippen molar-refractivity contribution >= 4 is 27.3 Å². The Hall–Kier alpha value is -1.86. The number of benzene rings is 1. The molecule has 2 rings (SSSR count). The van der Waals surface area contributed by atoms with Gasteiger partial charge in [0.25, 0.3) is 10.0 Å². The number of hydrogen-bond acceptors (Lipinski definition) is 3. The number of rotatable bonds is 3. The highest BCUT2D eigenvalue weighted by atomic mass is 35.5. The Morgan fingerprint density at radius 1 is 1.21 bits per heavy atom. The van der Waals surface area contributed by atoms with E-state index in [2.05, 4.69) is 9.71 Å². The van der Waals surface area contributed by atoms with Gasteiger partial charge in [-0.3, -0.25) is 9.52 Å². The van der Waals surface area contributed by atoms with Crippen LogP contribution in [0.5, 0.6) is 0 Å². The number of hydrogen-bond donors (Lipinski definition) is 2. The maximum absolute atomic E-state index is 12.8. The Kier molecular flexibility index (Phi) is 3.59. The molecule has 0 fully saturated rings. The molecule has 8 heteroatoms. The zero-order chi connectivity index (χ0) is 14.0. The van der Waals surface area contributed by atoms with Gasteiger partial charge in [-0.1, -0.05) is 11.6 Å². The molecule has 2 aromatic rings. The first-order valence-electron chi connectivity index (χ1n) is 5.05. The standard InChI is InChI=1S/C11H8ClFN2O3S/c12-9-5-7(13)1-3-10(9)15-19(17,18)8-2-4-11(16)14-6-8/h1-6,15H,(H,14,16). The number of nitrogens with one attached hydrogen (secondary N) is 2. The van der Waals surface area contributed by atoms with Crippen LogP contribution in [0.25, 0.3) is 0 Å². The number of anilines is 1. The Bertz CT molecular complexity index is 753. The summed E-state index contributed by atoms with van der Waals surface area (Å²) in [6.07, 6.45) is 1.06. The van der Waals surface area contributed by atoms with E-state index >= 15 is 0 Å². The smallest absolute Gasteiger partial charge is 0.263 e. The van der Waals surface area contributed by atoms with E-state index < -0.39 is 21.4 Å². The van der Waals surface area contributed by atoms with Crippen LogP contribution in [-0.4, -0.2) is 13.4 Å². The van der Waals surface area contributed by atoms with Crippen LogP contribution in [0.15, 0.2) is 46.2 Å². The molecule has 2 N–H and O–H groups in total. The van der Waals surface area contributed by atoms with Crippen LogP contribution in [0.4, 0.5) is 10.1 Å². The molecule has 0 saturated carbocycles. The van der Waals surface area contributed by atoms with Crippen LogP contribution in [0.2, 0.25) is 5.02 Å². The van der Waals surface area contributed by atoms with Crippen molar-refractivity contribution in [1.29, 1.82) is 0 Å². The lowest BCUT2D eigenvalue weighted by molar-refractivity contribution is 0.600. The summed E-state index contributed by atoms with van der Waals surface area (Å²) in [6.45, 7) is 0. The molecule has 0 aliphatic carbocycles. The van der Waals surface area contributed by atoms with Crippen molar-refractivity contribution in [2.24, 2.45) is 0 Å². The number of pyridine rings is 1. The van der Waals surface area contributed by atoms with Gasteiger partial charge in [0.2, 0.25) is 5.56 Å². The molecule has 0 aliphatic heterocycles. The van der Waals surface area contributed by atoms with Crippen LogP contribution in [0, 0.1) is 5.82 Å². The van der Waals surface area contributed by atoms with Gasteiger partial charge in [-0.2, -0.15) is 0 Å². The van der Waals surface area contributed by atoms with Gasteiger partial charge < -0.3 is 4.98 Å². The topological polar surface area (TPSA) is 79.0 Å². The third kappa shape index (κ3) is 3.12. The summed E-state index contributed by atoms with van der Waals surface area (Å²) in [4.78, 5) is 13.0. The van der Waals surface area contributed by atoms with E-state index in [-0.39, 0.29) is 15.6 Å². The molecule has 1 heterocycles. The molecule has 0 atom stereocenters. The predicted octanol–water partition coefficient (Wildman–Crippen LogP) is 1.97. The first-order valence-corrected chi connectivity index (χ1v) is 6.91. The van der Waals surface area contributed by atoms with E-state index in [4.69, 9.17) is 11.6 Å². The lowest BCUT2D eigenvalue weighted by atomic mass is 10.3. The molecule has 0 saturated heterocycles. The van der Waals surface area contributed by atoms with Crippen molar-refractivity contribution in [3.05, 3.63) is 57.7 Å². The van der Waals surface area contributed by atoms with E-state index in [1.54, 1.807) is 0 Å². The van der Waals surface area contributed by atoms with E-state index in [0.717, 1.165) is 30.5 Å². The largest absolute Gasteiger partial charge is 0.328 e. The first-order chi connectivity index (χ1) is 8.88. The minimum absolute atomic E-state index is 0.0502. The lowest BCUT2D eigenvalue weighted by Crippen LogP contribution is -2.15. The normalized spacial score (nSPS) is 11.3. The van der Waals surface area contributed by atoms with Gasteiger partial charge in [0.1, 0.15) is 10.7 Å². The van der Waals surface area contributed by atoms with E-state index in [1.807, 2.05) is 0 Å². The Morgan fingerprint density at radius 2 is 1.95 bits per heavy atom. The third-order valence-electron chi connectivity index (χ3n) is 2.24. The average Bonchev–Trinajstić information content (AvgIpc) is 2.33. The van der Waals surface area contributed by atoms with Gasteiger partial charge in [0.05, 0.1) is 10.7 Å². The lowest BCUT2D eigenvalue weighted by Gasteiger charge is -2.09. The average molecular weight is 303 g/mol. The van der Waals surface area contributed by atoms with Gasteiger partial charge in [0, 0.05) is 12.3 Å². The molecule has 0 unspecified atom stereocenters. The quantitative estimate of drug-likeness (QED) is 0.910. The monoisotopic (exact) mass is 302 g/mol. The highest BCUT2D eigenvalue weighted by molar-refractivity contribution is 7.92. The zero-order valence-electron chi connectivity index (χ0n) is 9.35. The molecular weight excluding hydrogens is 295 g/mol. The van der Waals surface area contributed by atoms with Crippen molar-refractivity contribution in [2.45, 2.75) is 4.90 Å². The Balaban J connectivity index is 2.36. The number of aromatic amines is 1. The number of halogens is 2. The van der Waals surface area contributed by atoms with Crippen molar-refractivity contribution in [2.75, 3.05) is 4.72 Å². The summed E-state index contributed by atoms with van der Waals surface area (Å²) in [5.41, 5.74) is -0.368. The summed E-state index contributed by atoms with van der Waals surface area (Å²) in [5, 5.41) is -0.0620. The molecule has 19 heavy (non-hydrogen) atoms. The van der Waals surface area contributed by atoms with Gasteiger partial charge in [0.15, 0.2) is 0 Å². The van der Waals surface area contributed by atoms with Gasteiger partial charge in [-0.15, -0.1) is 0 Å². The summed E-state index contributed by atoms with van der Waals surface area (Å²) >= 11 is 5.72. The van der Waals surface area contributed by atoms with Crippen LogP contribution in [0.1, 0.15) is 0 Å². The second-order valence-corrected chi connectivity index (χ2v) is 5.71. The van der Waals surface area contributed by atoms with Crippen LogP contribution >= 0.6 is 11.6 Å². The van der Waals surface area contributed by atoms with Crippen LogP contribution < -0.4 is 10.3 Å². The van der Waals surface area contributed by atoms with Crippen molar-refractivity contribution in [3.63, 3.8) is 0 Å². The minimum atomic E-state index is -3.89. The molecule has 0 amide bonds. The summed E-state index contributed by atoms with van der Waals surface area (Å²) in [6, 6.07) is 5.52. The van der Waals surface area contributed by atoms with Crippen LogP contribution in [-0.2, 0) is 10.0 Å². The fraction of sp³-hybridized carbons (Fsp3) is 0. The molecule has 1 aromatic heterocycles. The van der Waals surface area contributed by atoms with Gasteiger partial charge in [-0.25, -0.2) is 12.8 Å². The molecule has 0 spiro atoms. The summed E-state index contributed by atoms with van der Waals surface area (Å²) in [5.74, 6) is -0.572. The molecule has 0 bridgehead atoms. The second-order valence-electron chi connectivity index (χ2n) is 3.62. The first kappa shape index (κ1) is 13.6. The number of sulfonamides is 1. The SMILES string of the molecule is O=c1ccc(S(=O)(=O)Nc2ccc(F)cc2Cl)c[nH]1. The van der Waals surface area contributed by atoms with E-state index in [0.29, 0.717) is 0 Å². The fourth-order valence-corrected chi connectivity index (χ4v) is 2.66. The highest BCUT2D eigenvalue weighted by Crippen LogP contribution is 2.24. The third-order valence-corrected chi connectivity index (χ3v) is 3.92. The van der Waals surface area contributed by atoms with E-state index in [9.17, 15) is 17.6 Å². The highest BCUT2D eigenvalue weighted by Gasteiger charge is 2.16. The van der Waals surface area contributed by atoms with Crippen molar-refractivity contribution < 1.29 is 12.8 Å². The molecule has 0 radical (unpaired) electrons. The molecule has 5 nitrogen and oxygen atoms in total. The Morgan fingerprint density at radius 3 is 2.53 bits per heavy atom. The van der Waals surface area contributed by atoms with Crippen molar-refractivity contribution in [3.8, 4) is 0 Å².